The van der Waals surface area contributed by atoms with E-state index in [9.17, 15) is 0 Å². The summed E-state index contributed by atoms with van der Waals surface area (Å²) in [4.78, 5) is 6.96. The SMILES string of the molecule is CC(C)(C)NCc1ccc(OCCCN2CCCC2)cn1. The van der Waals surface area contributed by atoms with Gasteiger partial charge in [0.1, 0.15) is 5.75 Å². The fraction of sp³-hybridized carbons (Fsp3) is 0.706. The van der Waals surface area contributed by atoms with Crippen molar-refractivity contribution in [1.29, 1.82) is 0 Å². The second-order valence-electron chi connectivity index (χ2n) is 6.84. The summed E-state index contributed by atoms with van der Waals surface area (Å²) in [7, 11) is 0. The highest BCUT2D eigenvalue weighted by Gasteiger charge is 2.10. The molecule has 0 bridgehead atoms. The maximum absolute atomic E-state index is 5.76. The molecule has 0 saturated carbocycles. The van der Waals surface area contributed by atoms with E-state index in [0.29, 0.717) is 0 Å². The Morgan fingerprint density at radius 2 is 2.00 bits per heavy atom. The van der Waals surface area contributed by atoms with Gasteiger partial charge in [-0.25, -0.2) is 0 Å². The minimum atomic E-state index is 0.117. The summed E-state index contributed by atoms with van der Waals surface area (Å²) in [6, 6.07) is 4.05. The van der Waals surface area contributed by atoms with E-state index in [1.165, 1.54) is 25.9 Å². The van der Waals surface area contributed by atoms with Crippen LogP contribution in [0.4, 0.5) is 0 Å². The Morgan fingerprint density at radius 1 is 1.24 bits per heavy atom. The van der Waals surface area contributed by atoms with Crippen molar-refractivity contribution in [3.05, 3.63) is 24.0 Å². The molecule has 1 fully saturated rings. The van der Waals surface area contributed by atoms with E-state index in [4.69, 9.17) is 4.74 Å². The second kappa shape index (κ2) is 7.76. The van der Waals surface area contributed by atoms with Crippen LogP contribution in [0.2, 0.25) is 0 Å². The Morgan fingerprint density at radius 3 is 2.62 bits per heavy atom. The van der Waals surface area contributed by atoms with Crippen molar-refractivity contribution in [3.8, 4) is 5.75 Å². The lowest BCUT2D eigenvalue weighted by Gasteiger charge is -2.20. The van der Waals surface area contributed by atoms with Crippen molar-refractivity contribution >= 4 is 0 Å². The van der Waals surface area contributed by atoms with Gasteiger partial charge in [-0.1, -0.05) is 0 Å². The molecule has 0 atom stereocenters. The van der Waals surface area contributed by atoms with Crippen LogP contribution in [-0.2, 0) is 6.54 Å². The predicted octanol–water partition coefficient (Wildman–Crippen LogP) is 2.83. The normalized spacial score (nSPS) is 16.3. The fourth-order valence-corrected chi connectivity index (χ4v) is 2.44. The van der Waals surface area contributed by atoms with E-state index in [-0.39, 0.29) is 5.54 Å². The van der Waals surface area contributed by atoms with Crippen molar-refractivity contribution in [2.45, 2.75) is 52.1 Å². The molecule has 1 aromatic heterocycles. The minimum Gasteiger partial charge on any atom is -0.492 e. The van der Waals surface area contributed by atoms with Crippen molar-refractivity contribution < 1.29 is 4.74 Å². The van der Waals surface area contributed by atoms with Gasteiger partial charge in [-0.3, -0.25) is 4.98 Å². The quantitative estimate of drug-likeness (QED) is 0.784. The van der Waals surface area contributed by atoms with E-state index in [1.807, 2.05) is 18.3 Å². The Labute approximate surface area is 128 Å². The lowest BCUT2D eigenvalue weighted by molar-refractivity contribution is 0.262. The third-order valence-corrected chi connectivity index (χ3v) is 3.68. The van der Waals surface area contributed by atoms with Crippen molar-refractivity contribution in [2.24, 2.45) is 0 Å². The van der Waals surface area contributed by atoms with Gasteiger partial charge in [0, 0.05) is 18.6 Å². The first-order chi connectivity index (χ1) is 10.0. The van der Waals surface area contributed by atoms with Crippen molar-refractivity contribution in [1.82, 2.24) is 15.2 Å². The molecule has 0 spiro atoms. The van der Waals surface area contributed by atoms with Gasteiger partial charge in [-0.05, 0) is 65.3 Å². The summed E-state index contributed by atoms with van der Waals surface area (Å²) < 4.78 is 5.76. The van der Waals surface area contributed by atoms with Crippen LogP contribution < -0.4 is 10.1 Å². The molecule has 1 aromatic rings. The van der Waals surface area contributed by atoms with Gasteiger partial charge < -0.3 is 15.0 Å². The van der Waals surface area contributed by atoms with Crippen LogP contribution in [0, 0.1) is 0 Å². The van der Waals surface area contributed by atoms with Crippen molar-refractivity contribution in [3.63, 3.8) is 0 Å². The molecule has 118 valence electrons. The molecule has 0 radical (unpaired) electrons. The van der Waals surface area contributed by atoms with Crippen LogP contribution in [0.5, 0.6) is 5.75 Å². The highest BCUT2D eigenvalue weighted by Crippen LogP contribution is 2.11. The molecule has 0 unspecified atom stereocenters. The average Bonchev–Trinajstić information content (AvgIpc) is 2.95. The number of nitrogens with zero attached hydrogens (tertiary/aromatic N) is 2. The molecule has 1 saturated heterocycles. The lowest BCUT2D eigenvalue weighted by Crippen LogP contribution is -2.35. The predicted molar refractivity (Wildman–Crippen MR) is 86.6 cm³/mol. The number of hydrogen-bond acceptors (Lipinski definition) is 4. The zero-order chi connectivity index (χ0) is 15.1. The summed E-state index contributed by atoms with van der Waals surface area (Å²) in [6.07, 6.45) is 5.63. The smallest absolute Gasteiger partial charge is 0.137 e. The van der Waals surface area contributed by atoms with E-state index < -0.39 is 0 Å². The Kier molecular flexibility index (Phi) is 6.00. The van der Waals surface area contributed by atoms with Gasteiger partial charge in [-0.15, -0.1) is 0 Å². The molecule has 2 rings (SSSR count). The monoisotopic (exact) mass is 291 g/mol. The van der Waals surface area contributed by atoms with Crippen LogP contribution in [0.25, 0.3) is 0 Å². The standard InChI is InChI=1S/C17H29N3O/c1-17(2,3)19-13-15-7-8-16(14-18-15)21-12-6-11-20-9-4-5-10-20/h7-8,14,19H,4-6,9-13H2,1-3H3. The van der Waals surface area contributed by atoms with Crippen LogP contribution in [0.1, 0.15) is 45.7 Å². The number of ether oxygens (including phenoxy) is 1. The number of likely N-dealkylation sites (tertiary alicyclic amines) is 1. The average molecular weight is 291 g/mol. The molecule has 0 aromatic carbocycles. The van der Waals surface area contributed by atoms with Crippen molar-refractivity contribution in [2.75, 3.05) is 26.2 Å². The molecule has 0 amide bonds. The molecule has 2 heterocycles. The Hall–Kier alpha value is -1.13. The summed E-state index contributed by atoms with van der Waals surface area (Å²) in [6.45, 7) is 11.7. The molecular formula is C17H29N3O. The van der Waals surface area contributed by atoms with E-state index in [2.05, 4.69) is 36.0 Å². The third-order valence-electron chi connectivity index (χ3n) is 3.68. The van der Waals surface area contributed by atoms with Crippen LogP contribution in [0.3, 0.4) is 0 Å². The number of nitrogens with one attached hydrogen (secondary N) is 1. The largest absolute Gasteiger partial charge is 0.492 e. The third kappa shape index (κ3) is 6.44. The first-order valence-corrected chi connectivity index (χ1v) is 8.08. The van der Waals surface area contributed by atoms with Gasteiger partial charge >= 0.3 is 0 Å². The van der Waals surface area contributed by atoms with E-state index >= 15 is 0 Å². The first kappa shape index (κ1) is 16.2. The summed E-state index contributed by atoms with van der Waals surface area (Å²) >= 11 is 0. The number of aromatic nitrogens is 1. The van der Waals surface area contributed by atoms with Gasteiger partial charge in [0.05, 0.1) is 18.5 Å². The molecule has 4 heteroatoms. The molecule has 0 aliphatic carbocycles. The number of pyridine rings is 1. The van der Waals surface area contributed by atoms with Gasteiger partial charge in [0.25, 0.3) is 0 Å². The molecule has 21 heavy (non-hydrogen) atoms. The van der Waals surface area contributed by atoms with Gasteiger partial charge in [-0.2, -0.15) is 0 Å². The van der Waals surface area contributed by atoms with E-state index in [1.54, 1.807) is 0 Å². The molecule has 1 N–H and O–H groups in total. The molecule has 4 nitrogen and oxygen atoms in total. The van der Waals surface area contributed by atoms with Crippen LogP contribution in [0.15, 0.2) is 18.3 Å². The lowest BCUT2D eigenvalue weighted by atomic mass is 10.1. The minimum absolute atomic E-state index is 0.117. The van der Waals surface area contributed by atoms with E-state index in [0.717, 1.165) is 37.6 Å². The zero-order valence-corrected chi connectivity index (χ0v) is 13.7. The molecule has 1 aliphatic heterocycles. The van der Waals surface area contributed by atoms with Gasteiger partial charge in [0.15, 0.2) is 0 Å². The maximum atomic E-state index is 5.76. The van der Waals surface area contributed by atoms with Gasteiger partial charge in [0.2, 0.25) is 0 Å². The fourth-order valence-electron chi connectivity index (χ4n) is 2.44. The summed E-state index contributed by atoms with van der Waals surface area (Å²) in [5.74, 6) is 0.871. The number of rotatable bonds is 7. The van der Waals surface area contributed by atoms with Crippen LogP contribution >= 0.6 is 0 Å². The Bertz CT molecular complexity index is 405. The maximum Gasteiger partial charge on any atom is 0.137 e. The topological polar surface area (TPSA) is 37.4 Å². The van der Waals surface area contributed by atoms with Crippen LogP contribution in [-0.4, -0.2) is 41.7 Å². The highest BCUT2D eigenvalue weighted by atomic mass is 16.5. The number of hydrogen-bond donors (Lipinski definition) is 1. The first-order valence-electron chi connectivity index (χ1n) is 8.08. The Balaban J connectivity index is 1.64. The zero-order valence-electron chi connectivity index (χ0n) is 13.7. The molecular weight excluding hydrogens is 262 g/mol. The summed E-state index contributed by atoms with van der Waals surface area (Å²) in [5.41, 5.74) is 1.17. The molecule has 1 aliphatic rings. The summed E-state index contributed by atoms with van der Waals surface area (Å²) in [5, 5.41) is 3.43. The second-order valence-corrected chi connectivity index (χ2v) is 6.84. The highest BCUT2D eigenvalue weighted by molar-refractivity contribution is 5.19.